The lowest BCUT2D eigenvalue weighted by Gasteiger charge is -2.36. The lowest BCUT2D eigenvalue weighted by atomic mass is 10.1. The van der Waals surface area contributed by atoms with Crippen LogP contribution in [0.2, 0.25) is 0 Å². The van der Waals surface area contributed by atoms with Gasteiger partial charge >= 0.3 is 0 Å². The van der Waals surface area contributed by atoms with Crippen molar-refractivity contribution < 1.29 is 17.9 Å². The summed E-state index contributed by atoms with van der Waals surface area (Å²) in [5, 5.41) is 0. The number of piperazine rings is 1. The van der Waals surface area contributed by atoms with Gasteiger partial charge in [-0.1, -0.05) is 6.07 Å². The van der Waals surface area contributed by atoms with E-state index in [1.54, 1.807) is 24.1 Å². The third kappa shape index (κ3) is 3.99. The normalized spacial score (nSPS) is 15.0. The third-order valence-corrected chi connectivity index (χ3v) is 5.62. The maximum atomic E-state index is 12.7. The molecule has 138 valence electrons. The van der Waals surface area contributed by atoms with Crippen LogP contribution in [0.1, 0.15) is 10.4 Å². The van der Waals surface area contributed by atoms with Gasteiger partial charge in [0, 0.05) is 43.7 Å². The van der Waals surface area contributed by atoms with E-state index in [-0.39, 0.29) is 10.8 Å². The van der Waals surface area contributed by atoms with Crippen LogP contribution in [0.5, 0.6) is 5.75 Å². The van der Waals surface area contributed by atoms with Crippen molar-refractivity contribution in [1.82, 2.24) is 4.90 Å². The maximum Gasteiger partial charge on any atom is 0.254 e. The number of sulfone groups is 1. The van der Waals surface area contributed by atoms with Gasteiger partial charge in [0.2, 0.25) is 0 Å². The number of methoxy groups -OCH3 is 1. The van der Waals surface area contributed by atoms with Crippen LogP contribution in [0.15, 0.2) is 53.4 Å². The van der Waals surface area contributed by atoms with E-state index in [1.807, 2.05) is 24.3 Å². The summed E-state index contributed by atoms with van der Waals surface area (Å²) in [6, 6.07) is 14.1. The number of carbonyl (C=O) groups excluding carboxylic acids is 1. The molecule has 0 aliphatic carbocycles. The molecule has 0 radical (unpaired) electrons. The van der Waals surface area contributed by atoms with Crippen LogP contribution < -0.4 is 9.64 Å². The highest BCUT2D eigenvalue weighted by atomic mass is 32.2. The third-order valence-electron chi connectivity index (χ3n) is 4.51. The van der Waals surface area contributed by atoms with Crippen LogP contribution in [0.25, 0.3) is 0 Å². The highest BCUT2D eigenvalue weighted by Gasteiger charge is 2.23. The molecule has 6 nitrogen and oxygen atoms in total. The molecule has 26 heavy (non-hydrogen) atoms. The molecular weight excluding hydrogens is 352 g/mol. The second kappa shape index (κ2) is 7.37. The predicted molar refractivity (Wildman–Crippen MR) is 101 cm³/mol. The molecule has 1 saturated heterocycles. The van der Waals surface area contributed by atoms with Gasteiger partial charge in [-0.25, -0.2) is 8.42 Å². The summed E-state index contributed by atoms with van der Waals surface area (Å²) < 4.78 is 28.6. The molecule has 0 saturated carbocycles. The first-order valence-corrected chi connectivity index (χ1v) is 10.3. The molecule has 1 heterocycles. The van der Waals surface area contributed by atoms with Gasteiger partial charge in [0.15, 0.2) is 9.84 Å². The fraction of sp³-hybridized carbons (Fsp3) is 0.316. The Labute approximate surface area is 153 Å². The predicted octanol–water partition coefficient (Wildman–Crippen LogP) is 2.06. The minimum atomic E-state index is -3.33. The number of nitrogens with zero attached hydrogens (tertiary/aromatic N) is 2. The van der Waals surface area contributed by atoms with Gasteiger partial charge in [-0.15, -0.1) is 0 Å². The van der Waals surface area contributed by atoms with E-state index < -0.39 is 9.84 Å². The van der Waals surface area contributed by atoms with Crippen molar-refractivity contribution in [3.05, 3.63) is 54.1 Å². The van der Waals surface area contributed by atoms with Crippen molar-refractivity contribution >= 4 is 21.4 Å². The number of amides is 1. The van der Waals surface area contributed by atoms with Gasteiger partial charge in [-0.05, 0) is 42.5 Å². The van der Waals surface area contributed by atoms with Gasteiger partial charge in [0.1, 0.15) is 5.75 Å². The second-order valence-electron chi connectivity index (χ2n) is 6.28. The molecule has 1 aliphatic heterocycles. The molecule has 0 spiro atoms. The number of ether oxygens (including phenoxy) is 1. The molecule has 0 aromatic heterocycles. The topological polar surface area (TPSA) is 66.9 Å². The van der Waals surface area contributed by atoms with Gasteiger partial charge in [0.05, 0.1) is 12.0 Å². The minimum absolute atomic E-state index is 0.134. The lowest BCUT2D eigenvalue weighted by Crippen LogP contribution is -2.48. The van der Waals surface area contributed by atoms with Crippen LogP contribution in [0, 0.1) is 0 Å². The zero-order chi connectivity index (χ0) is 18.7. The molecule has 0 bridgehead atoms. The number of hydrogen-bond donors (Lipinski definition) is 0. The molecule has 0 N–H and O–H groups in total. The summed E-state index contributed by atoms with van der Waals surface area (Å²) in [6.45, 7) is 2.63. The first-order chi connectivity index (χ1) is 12.4. The first-order valence-electron chi connectivity index (χ1n) is 8.37. The van der Waals surface area contributed by atoms with Gasteiger partial charge in [-0.2, -0.15) is 0 Å². The van der Waals surface area contributed by atoms with Crippen molar-refractivity contribution in [2.45, 2.75) is 4.90 Å². The van der Waals surface area contributed by atoms with Gasteiger partial charge < -0.3 is 14.5 Å². The molecule has 1 amide bonds. The molecule has 2 aromatic carbocycles. The molecule has 1 aliphatic rings. The zero-order valence-electron chi connectivity index (χ0n) is 14.9. The molecular formula is C19H22N2O4S. The van der Waals surface area contributed by atoms with E-state index in [1.165, 1.54) is 12.1 Å². The molecule has 1 fully saturated rings. The Bertz CT molecular complexity index is 886. The Balaban J connectivity index is 1.67. The van der Waals surface area contributed by atoms with Crippen molar-refractivity contribution in [3.63, 3.8) is 0 Å². The molecule has 0 atom stereocenters. The average Bonchev–Trinajstić information content (AvgIpc) is 2.67. The number of anilines is 1. The number of carbonyl (C=O) groups is 1. The van der Waals surface area contributed by atoms with Crippen molar-refractivity contribution in [2.75, 3.05) is 44.4 Å². The highest BCUT2D eigenvalue weighted by molar-refractivity contribution is 7.90. The quantitative estimate of drug-likeness (QED) is 0.820. The summed E-state index contributed by atoms with van der Waals surface area (Å²) >= 11 is 0. The second-order valence-corrected chi connectivity index (χ2v) is 8.29. The van der Waals surface area contributed by atoms with Gasteiger partial charge in [-0.3, -0.25) is 4.79 Å². The number of benzene rings is 2. The molecule has 3 rings (SSSR count). The molecule has 0 unspecified atom stereocenters. The van der Waals surface area contributed by atoms with Crippen LogP contribution >= 0.6 is 0 Å². The van der Waals surface area contributed by atoms with Crippen LogP contribution in [-0.2, 0) is 9.84 Å². The fourth-order valence-corrected chi connectivity index (χ4v) is 3.67. The van der Waals surface area contributed by atoms with E-state index in [0.717, 1.165) is 30.8 Å². The monoisotopic (exact) mass is 374 g/mol. The summed E-state index contributed by atoms with van der Waals surface area (Å²) in [5.74, 6) is 0.679. The Morgan fingerprint density at radius 1 is 1.00 bits per heavy atom. The fourth-order valence-electron chi connectivity index (χ4n) is 3.00. The molecule has 2 aromatic rings. The van der Waals surface area contributed by atoms with E-state index in [4.69, 9.17) is 4.74 Å². The largest absolute Gasteiger partial charge is 0.497 e. The van der Waals surface area contributed by atoms with Crippen molar-refractivity contribution in [2.24, 2.45) is 0 Å². The maximum absolute atomic E-state index is 12.7. The van der Waals surface area contributed by atoms with Crippen LogP contribution in [0.3, 0.4) is 0 Å². The summed E-state index contributed by atoms with van der Waals surface area (Å²) in [7, 11) is -1.69. The van der Waals surface area contributed by atoms with E-state index in [9.17, 15) is 13.2 Å². The first kappa shape index (κ1) is 18.3. The number of rotatable bonds is 4. The summed E-state index contributed by atoms with van der Waals surface area (Å²) in [4.78, 5) is 16.9. The van der Waals surface area contributed by atoms with E-state index in [2.05, 4.69) is 4.90 Å². The van der Waals surface area contributed by atoms with E-state index >= 15 is 0 Å². The van der Waals surface area contributed by atoms with Crippen LogP contribution in [-0.4, -0.2) is 58.8 Å². The summed E-state index contributed by atoms with van der Waals surface area (Å²) in [5.41, 5.74) is 1.50. The molecule has 7 heteroatoms. The Hall–Kier alpha value is -2.54. The lowest BCUT2D eigenvalue weighted by molar-refractivity contribution is 0.0746. The van der Waals surface area contributed by atoms with Crippen molar-refractivity contribution in [1.29, 1.82) is 0 Å². The Morgan fingerprint density at radius 2 is 1.65 bits per heavy atom. The Morgan fingerprint density at radius 3 is 2.23 bits per heavy atom. The minimum Gasteiger partial charge on any atom is -0.497 e. The zero-order valence-corrected chi connectivity index (χ0v) is 15.7. The highest BCUT2D eigenvalue weighted by Crippen LogP contribution is 2.21. The summed E-state index contributed by atoms with van der Waals surface area (Å²) in [6.07, 6.45) is 1.14. The standard InChI is InChI=1S/C19H22N2O4S/c1-25-17-8-6-16(7-9-17)20-10-12-21(13-11-20)19(22)15-4-3-5-18(14-15)26(2,23)24/h3-9,14H,10-13H2,1-2H3. The number of hydrogen-bond acceptors (Lipinski definition) is 5. The van der Waals surface area contributed by atoms with E-state index in [0.29, 0.717) is 18.7 Å². The Kier molecular flexibility index (Phi) is 5.18. The SMILES string of the molecule is COc1ccc(N2CCN(C(=O)c3cccc(S(C)(=O)=O)c3)CC2)cc1. The smallest absolute Gasteiger partial charge is 0.254 e. The average molecular weight is 374 g/mol. The van der Waals surface area contributed by atoms with Crippen molar-refractivity contribution in [3.8, 4) is 5.75 Å². The van der Waals surface area contributed by atoms with Crippen LogP contribution in [0.4, 0.5) is 5.69 Å². The van der Waals surface area contributed by atoms with Gasteiger partial charge in [0.25, 0.3) is 5.91 Å².